The summed E-state index contributed by atoms with van der Waals surface area (Å²) in [6.07, 6.45) is 6.47. The Hall–Kier alpha value is -6.96. The molecule has 1 N–H and O–H groups in total. The van der Waals surface area contributed by atoms with Crippen molar-refractivity contribution >= 4 is 11.8 Å². The first kappa shape index (κ1) is 48.5. The molecule has 4 aliphatic rings. The molecule has 6 aromatic rings. The summed E-state index contributed by atoms with van der Waals surface area (Å²) >= 11 is 0. The lowest BCUT2D eigenvalue weighted by Gasteiger charge is -2.44. The van der Waals surface area contributed by atoms with Crippen LogP contribution in [0.5, 0.6) is 34.5 Å². The van der Waals surface area contributed by atoms with Crippen LogP contribution < -0.4 is 23.7 Å². The Morgan fingerprint density at radius 3 is 1.49 bits per heavy atom. The van der Waals surface area contributed by atoms with Gasteiger partial charge in [0.25, 0.3) is 11.8 Å². The fourth-order valence-corrected chi connectivity index (χ4v) is 9.68. The number of phenolic OH excluding ortho intramolecular Hbond substituents is 1. The minimum Gasteiger partial charge on any atom is -0.507 e. The number of nitrogens with zero attached hydrogens (tertiary/aromatic N) is 6. The van der Waals surface area contributed by atoms with Gasteiger partial charge in [-0.05, 0) is 82.1 Å². The number of phenols is 1. The molecule has 0 atom stereocenters. The first-order valence-electron chi connectivity index (χ1n) is 24.3. The van der Waals surface area contributed by atoms with Gasteiger partial charge in [-0.2, -0.15) is 10.2 Å². The zero-order valence-electron chi connectivity index (χ0n) is 41.5. The average molecular weight is 939 g/mol. The van der Waals surface area contributed by atoms with Gasteiger partial charge in [0.1, 0.15) is 45.7 Å². The van der Waals surface area contributed by atoms with Crippen LogP contribution in [0.1, 0.15) is 106 Å². The van der Waals surface area contributed by atoms with E-state index in [9.17, 15) is 14.7 Å². The molecule has 0 saturated carbocycles. The number of rotatable bonds is 8. The van der Waals surface area contributed by atoms with Gasteiger partial charge in [-0.15, -0.1) is 0 Å². The average Bonchev–Trinajstić information content (AvgIpc) is 3.93. The Kier molecular flexibility index (Phi) is 14.3. The highest BCUT2D eigenvalue weighted by molar-refractivity contribution is 5.98. The van der Waals surface area contributed by atoms with Crippen molar-refractivity contribution in [3.8, 4) is 57.0 Å². The number of aromatic hydroxyl groups is 1. The fraction of sp³-hybridized carbons (Fsp3) is 0.418. The maximum atomic E-state index is 13.5. The quantitative estimate of drug-likeness (QED) is 0.157. The number of hydrogen-bond acceptors (Lipinski definition) is 10. The number of para-hydroxylation sites is 2. The number of piperidine rings is 2. The van der Waals surface area contributed by atoms with Crippen LogP contribution in [0.15, 0.2) is 97.3 Å². The summed E-state index contributed by atoms with van der Waals surface area (Å²) in [6.45, 7) is 17.5. The molecule has 364 valence electrons. The number of ether oxygens (including phenoxy) is 5. The lowest BCUT2D eigenvalue weighted by atomic mass is 9.81. The predicted molar refractivity (Wildman–Crippen MR) is 265 cm³/mol. The highest BCUT2D eigenvalue weighted by atomic mass is 16.5. The van der Waals surface area contributed by atoms with Gasteiger partial charge >= 0.3 is 0 Å². The highest BCUT2D eigenvalue weighted by Crippen LogP contribution is 2.51. The van der Waals surface area contributed by atoms with Gasteiger partial charge in [-0.25, -0.2) is 0 Å². The Balaban J connectivity index is 0.000000173. The maximum absolute atomic E-state index is 13.5. The molecule has 0 radical (unpaired) electrons. The molecule has 4 aromatic carbocycles. The van der Waals surface area contributed by atoms with Crippen molar-refractivity contribution in [2.24, 2.45) is 20.0 Å². The Morgan fingerprint density at radius 2 is 1.06 bits per heavy atom. The van der Waals surface area contributed by atoms with Crippen molar-refractivity contribution in [3.05, 3.63) is 120 Å². The molecule has 4 aliphatic heterocycles. The molecule has 10 rings (SSSR count). The molecule has 2 amide bonds. The van der Waals surface area contributed by atoms with Gasteiger partial charge in [0, 0.05) is 100 Å². The van der Waals surface area contributed by atoms with E-state index in [2.05, 4.69) is 43.1 Å². The molecule has 69 heavy (non-hydrogen) atoms. The van der Waals surface area contributed by atoms with Crippen LogP contribution in [0, 0.1) is 5.92 Å². The van der Waals surface area contributed by atoms with Crippen LogP contribution in [-0.4, -0.2) is 91.8 Å². The van der Waals surface area contributed by atoms with Crippen LogP contribution in [0.2, 0.25) is 0 Å². The van der Waals surface area contributed by atoms with E-state index in [-0.39, 0.29) is 29.2 Å². The number of likely N-dealkylation sites (tertiary alicyclic amines) is 2. The zero-order chi connectivity index (χ0) is 49.0. The number of carbonyl (C=O) groups is 2. The van der Waals surface area contributed by atoms with E-state index in [1.165, 1.54) is 6.07 Å². The monoisotopic (exact) mass is 938 g/mol. The largest absolute Gasteiger partial charge is 0.507 e. The highest BCUT2D eigenvalue weighted by Gasteiger charge is 2.47. The Bertz CT molecular complexity index is 2770. The van der Waals surface area contributed by atoms with E-state index in [0.717, 1.165) is 51.1 Å². The number of fused-ring (bicyclic) bond motifs is 8. The first-order valence-corrected chi connectivity index (χ1v) is 24.3. The first-order chi connectivity index (χ1) is 33.2. The molecule has 14 heteroatoms. The molecular formula is C55H66N6O8. The Labute approximate surface area is 405 Å². The summed E-state index contributed by atoms with van der Waals surface area (Å²) in [5, 5.41) is 19.4. The van der Waals surface area contributed by atoms with Gasteiger partial charge in [0.2, 0.25) is 0 Å². The second kappa shape index (κ2) is 20.3. The SMILES string of the molecule is CC(C)C.CCOc1ccc(C(=O)N2CCC3(CC2)Oc2ccccc2-c2c3cnn2C)c(O)c1.CCOc1ccc(C(=O)N2CCC3(CC2)Oc2ccccc2-c2c3cnn2C)c(OC(C)C)c1. The summed E-state index contributed by atoms with van der Waals surface area (Å²) in [5.74, 6) is 4.09. The molecule has 6 heterocycles. The van der Waals surface area contributed by atoms with Crippen LogP contribution in [0.4, 0.5) is 0 Å². The van der Waals surface area contributed by atoms with E-state index in [1.807, 2.05) is 123 Å². The number of benzene rings is 4. The topological polar surface area (TPSA) is 143 Å². The smallest absolute Gasteiger partial charge is 0.257 e. The third-order valence-corrected chi connectivity index (χ3v) is 12.8. The fourth-order valence-electron chi connectivity index (χ4n) is 9.68. The molecule has 0 unspecified atom stereocenters. The van der Waals surface area contributed by atoms with Gasteiger partial charge < -0.3 is 38.6 Å². The number of carbonyl (C=O) groups excluding carboxylic acids is 2. The van der Waals surface area contributed by atoms with Crippen molar-refractivity contribution in [2.45, 2.75) is 91.5 Å². The summed E-state index contributed by atoms with van der Waals surface area (Å²) in [5.41, 5.74) is 6.32. The van der Waals surface area contributed by atoms with Gasteiger partial charge in [0.05, 0.1) is 54.2 Å². The maximum Gasteiger partial charge on any atom is 0.257 e. The summed E-state index contributed by atoms with van der Waals surface area (Å²) in [4.78, 5) is 30.3. The number of hydrogen-bond donors (Lipinski definition) is 1. The molecule has 0 aliphatic carbocycles. The van der Waals surface area contributed by atoms with E-state index >= 15 is 0 Å². The lowest BCUT2D eigenvalue weighted by molar-refractivity contribution is -0.00237. The lowest BCUT2D eigenvalue weighted by Crippen LogP contribution is -2.49. The van der Waals surface area contributed by atoms with Crippen LogP contribution >= 0.6 is 0 Å². The van der Waals surface area contributed by atoms with Crippen molar-refractivity contribution in [3.63, 3.8) is 0 Å². The number of aromatic nitrogens is 4. The Morgan fingerprint density at radius 1 is 0.638 bits per heavy atom. The molecule has 14 nitrogen and oxygen atoms in total. The van der Waals surface area contributed by atoms with Crippen molar-refractivity contribution in [1.82, 2.24) is 29.4 Å². The van der Waals surface area contributed by atoms with E-state index in [1.54, 1.807) is 17.0 Å². The third kappa shape index (κ3) is 9.84. The standard InChI is InChI=1S/C27H31N3O4.C24H25N3O4.C4H10/c1-5-32-19-10-11-21(24(16-19)33-18(2)3)26(31)30-14-12-27(13-15-30)22-17-28-29(4)25(22)20-8-6-7-9-23(20)34-27;1-3-30-16-8-9-17(20(28)14-16)23(29)27-12-10-24(11-13-27)19-15-25-26(2)22(19)18-6-4-5-7-21(18)31-24;1-4(2)3/h6-11,16-18H,5,12-15H2,1-4H3;4-9,14-15,28H,3,10-13H2,1-2H3;4H,1-3H3. The van der Waals surface area contributed by atoms with Crippen molar-refractivity contribution in [1.29, 1.82) is 0 Å². The van der Waals surface area contributed by atoms with Gasteiger partial charge in [-0.3, -0.25) is 19.0 Å². The molecular weight excluding hydrogens is 873 g/mol. The normalized spacial score (nSPS) is 15.8. The van der Waals surface area contributed by atoms with Crippen LogP contribution in [0.3, 0.4) is 0 Å². The minimum absolute atomic E-state index is 0.0313. The third-order valence-electron chi connectivity index (χ3n) is 12.8. The minimum atomic E-state index is -0.504. The van der Waals surface area contributed by atoms with Crippen molar-refractivity contribution < 1.29 is 38.4 Å². The van der Waals surface area contributed by atoms with E-state index in [0.29, 0.717) is 87.9 Å². The summed E-state index contributed by atoms with van der Waals surface area (Å²) < 4.78 is 34.0. The van der Waals surface area contributed by atoms with Crippen molar-refractivity contribution in [2.75, 3.05) is 39.4 Å². The van der Waals surface area contributed by atoms with E-state index in [4.69, 9.17) is 23.7 Å². The molecule has 2 saturated heterocycles. The second-order valence-corrected chi connectivity index (χ2v) is 18.9. The second-order valence-electron chi connectivity index (χ2n) is 18.9. The number of amides is 2. The van der Waals surface area contributed by atoms with Crippen LogP contribution in [0.25, 0.3) is 22.5 Å². The summed E-state index contributed by atoms with van der Waals surface area (Å²) in [6, 6.07) is 26.4. The molecule has 2 fully saturated rings. The zero-order valence-corrected chi connectivity index (χ0v) is 41.5. The number of aryl methyl sites for hydroxylation is 2. The van der Waals surface area contributed by atoms with Gasteiger partial charge in [-0.1, -0.05) is 45.0 Å². The predicted octanol–water partition coefficient (Wildman–Crippen LogP) is 10.2. The molecule has 2 aromatic heterocycles. The molecule has 2 spiro atoms. The summed E-state index contributed by atoms with van der Waals surface area (Å²) in [7, 11) is 3.91. The van der Waals surface area contributed by atoms with Gasteiger partial charge in [0.15, 0.2) is 0 Å². The van der Waals surface area contributed by atoms with Crippen LogP contribution in [-0.2, 0) is 25.3 Å². The van der Waals surface area contributed by atoms with E-state index < -0.39 is 11.2 Å². The molecule has 0 bridgehead atoms.